The molecular formula is C15H25BrN2. The van der Waals surface area contributed by atoms with Crippen molar-refractivity contribution in [1.82, 2.24) is 4.90 Å². The summed E-state index contributed by atoms with van der Waals surface area (Å²) in [7, 11) is 0. The van der Waals surface area contributed by atoms with Crippen molar-refractivity contribution in [2.75, 3.05) is 19.6 Å². The highest BCUT2D eigenvalue weighted by molar-refractivity contribution is 9.10. The third-order valence-corrected chi connectivity index (χ3v) is 3.60. The minimum absolute atomic E-state index is 0.128. The molecule has 0 saturated carbocycles. The van der Waals surface area contributed by atoms with Gasteiger partial charge in [0.1, 0.15) is 0 Å². The molecule has 1 aromatic rings. The van der Waals surface area contributed by atoms with Crippen molar-refractivity contribution in [3.63, 3.8) is 0 Å². The van der Waals surface area contributed by atoms with E-state index in [2.05, 4.69) is 53.7 Å². The molecule has 1 aromatic carbocycles. The molecule has 1 atom stereocenters. The highest BCUT2D eigenvalue weighted by Crippen LogP contribution is 2.19. The Morgan fingerprint density at radius 2 is 2.06 bits per heavy atom. The molecule has 18 heavy (non-hydrogen) atoms. The van der Waals surface area contributed by atoms with Crippen LogP contribution in [0.15, 0.2) is 28.7 Å². The van der Waals surface area contributed by atoms with Crippen LogP contribution in [0.25, 0.3) is 0 Å². The molecule has 0 saturated heterocycles. The summed E-state index contributed by atoms with van der Waals surface area (Å²) in [4.78, 5) is 2.47. The summed E-state index contributed by atoms with van der Waals surface area (Å²) in [5, 5.41) is 0. The van der Waals surface area contributed by atoms with Gasteiger partial charge in [-0.1, -0.05) is 48.8 Å². The van der Waals surface area contributed by atoms with Gasteiger partial charge in [0.05, 0.1) is 0 Å². The molecule has 0 fully saturated rings. The standard InChI is InChI=1S/C15H25BrN2/c1-4-18(11-12(2)3)9-8-15(17)13-6-5-7-14(16)10-13/h5-7,10,12,15H,4,8-9,11,17H2,1-3H3. The van der Waals surface area contributed by atoms with Gasteiger partial charge in [-0.15, -0.1) is 0 Å². The van der Waals surface area contributed by atoms with Gasteiger partial charge in [-0.25, -0.2) is 0 Å². The molecule has 0 aliphatic carbocycles. The van der Waals surface area contributed by atoms with Gasteiger partial charge in [0.15, 0.2) is 0 Å². The zero-order valence-corrected chi connectivity index (χ0v) is 13.3. The Balaban J connectivity index is 2.47. The van der Waals surface area contributed by atoms with E-state index in [9.17, 15) is 0 Å². The SMILES string of the molecule is CCN(CCC(N)c1cccc(Br)c1)CC(C)C. The second kappa shape index (κ2) is 7.93. The highest BCUT2D eigenvalue weighted by atomic mass is 79.9. The highest BCUT2D eigenvalue weighted by Gasteiger charge is 2.10. The van der Waals surface area contributed by atoms with Crippen LogP contribution >= 0.6 is 15.9 Å². The average Bonchev–Trinajstić information content (AvgIpc) is 2.33. The van der Waals surface area contributed by atoms with Crippen LogP contribution in [-0.4, -0.2) is 24.5 Å². The van der Waals surface area contributed by atoms with E-state index in [-0.39, 0.29) is 6.04 Å². The van der Waals surface area contributed by atoms with E-state index in [0.717, 1.165) is 30.5 Å². The molecule has 0 amide bonds. The quantitative estimate of drug-likeness (QED) is 0.829. The predicted molar refractivity (Wildman–Crippen MR) is 82.6 cm³/mol. The fraction of sp³-hybridized carbons (Fsp3) is 0.600. The maximum Gasteiger partial charge on any atom is 0.0307 e. The maximum atomic E-state index is 6.25. The van der Waals surface area contributed by atoms with E-state index in [1.165, 1.54) is 5.56 Å². The number of halogens is 1. The zero-order valence-electron chi connectivity index (χ0n) is 11.7. The Morgan fingerprint density at radius 1 is 1.33 bits per heavy atom. The van der Waals surface area contributed by atoms with Crippen LogP contribution in [-0.2, 0) is 0 Å². The molecule has 2 N–H and O–H groups in total. The Labute approximate surface area is 120 Å². The first-order chi connectivity index (χ1) is 8.52. The van der Waals surface area contributed by atoms with Crippen molar-refractivity contribution in [2.45, 2.75) is 33.2 Å². The number of benzene rings is 1. The summed E-state index contributed by atoms with van der Waals surface area (Å²) in [6.45, 7) is 10.1. The Morgan fingerprint density at radius 3 is 2.61 bits per heavy atom. The van der Waals surface area contributed by atoms with Crippen molar-refractivity contribution in [3.8, 4) is 0 Å². The number of hydrogen-bond donors (Lipinski definition) is 1. The first-order valence-electron chi connectivity index (χ1n) is 6.76. The molecule has 1 unspecified atom stereocenters. The Kier molecular flexibility index (Phi) is 6.90. The molecule has 0 aliphatic rings. The lowest BCUT2D eigenvalue weighted by Crippen LogP contribution is -2.30. The first-order valence-corrected chi connectivity index (χ1v) is 7.55. The van der Waals surface area contributed by atoms with Gasteiger partial charge in [0, 0.05) is 17.1 Å². The van der Waals surface area contributed by atoms with E-state index in [1.807, 2.05) is 12.1 Å². The largest absolute Gasteiger partial charge is 0.324 e. The number of rotatable bonds is 7. The van der Waals surface area contributed by atoms with Crippen LogP contribution in [0.3, 0.4) is 0 Å². The summed E-state index contributed by atoms with van der Waals surface area (Å²) < 4.78 is 1.10. The third-order valence-electron chi connectivity index (χ3n) is 3.10. The molecule has 0 radical (unpaired) electrons. The van der Waals surface area contributed by atoms with Gasteiger partial charge < -0.3 is 10.6 Å². The summed E-state index contributed by atoms with van der Waals surface area (Å²) >= 11 is 3.49. The summed E-state index contributed by atoms with van der Waals surface area (Å²) in [5.41, 5.74) is 7.46. The zero-order chi connectivity index (χ0) is 13.5. The van der Waals surface area contributed by atoms with Crippen molar-refractivity contribution in [1.29, 1.82) is 0 Å². The van der Waals surface area contributed by atoms with E-state index in [1.54, 1.807) is 0 Å². The molecule has 0 aliphatic heterocycles. The van der Waals surface area contributed by atoms with Crippen LogP contribution < -0.4 is 5.73 Å². The van der Waals surface area contributed by atoms with Crippen LogP contribution in [0.4, 0.5) is 0 Å². The number of hydrogen-bond acceptors (Lipinski definition) is 2. The molecule has 0 spiro atoms. The molecule has 2 nitrogen and oxygen atoms in total. The average molecular weight is 313 g/mol. The number of nitrogens with two attached hydrogens (primary N) is 1. The normalized spacial score (nSPS) is 13.3. The van der Waals surface area contributed by atoms with Gasteiger partial charge in [-0.3, -0.25) is 0 Å². The lowest BCUT2D eigenvalue weighted by molar-refractivity contribution is 0.247. The van der Waals surface area contributed by atoms with Gasteiger partial charge in [0.25, 0.3) is 0 Å². The van der Waals surface area contributed by atoms with Crippen LogP contribution in [0.1, 0.15) is 38.8 Å². The molecule has 3 heteroatoms. The molecule has 1 rings (SSSR count). The van der Waals surface area contributed by atoms with Crippen LogP contribution in [0.5, 0.6) is 0 Å². The second-order valence-electron chi connectivity index (χ2n) is 5.24. The van der Waals surface area contributed by atoms with Gasteiger partial charge in [0.2, 0.25) is 0 Å². The van der Waals surface area contributed by atoms with E-state index < -0.39 is 0 Å². The molecule has 0 heterocycles. The molecular weight excluding hydrogens is 288 g/mol. The molecule has 0 aromatic heterocycles. The maximum absolute atomic E-state index is 6.25. The predicted octanol–water partition coefficient (Wildman–Crippen LogP) is 3.82. The smallest absolute Gasteiger partial charge is 0.0307 e. The Bertz CT molecular complexity index is 352. The lowest BCUT2D eigenvalue weighted by Gasteiger charge is -2.24. The lowest BCUT2D eigenvalue weighted by atomic mass is 10.0. The topological polar surface area (TPSA) is 29.3 Å². The Hall–Kier alpha value is -0.380. The van der Waals surface area contributed by atoms with Crippen molar-refractivity contribution in [2.24, 2.45) is 11.7 Å². The van der Waals surface area contributed by atoms with Crippen molar-refractivity contribution < 1.29 is 0 Å². The first kappa shape index (κ1) is 15.7. The molecule has 102 valence electrons. The minimum atomic E-state index is 0.128. The monoisotopic (exact) mass is 312 g/mol. The van der Waals surface area contributed by atoms with Gasteiger partial charge >= 0.3 is 0 Å². The van der Waals surface area contributed by atoms with Crippen LogP contribution in [0, 0.1) is 5.92 Å². The summed E-state index contributed by atoms with van der Waals surface area (Å²) in [5.74, 6) is 0.715. The summed E-state index contributed by atoms with van der Waals surface area (Å²) in [6, 6.07) is 8.43. The fourth-order valence-corrected chi connectivity index (χ4v) is 2.54. The number of nitrogens with zero attached hydrogens (tertiary/aromatic N) is 1. The second-order valence-corrected chi connectivity index (χ2v) is 6.15. The van der Waals surface area contributed by atoms with Gasteiger partial charge in [-0.2, -0.15) is 0 Å². The van der Waals surface area contributed by atoms with E-state index in [0.29, 0.717) is 5.92 Å². The van der Waals surface area contributed by atoms with Crippen molar-refractivity contribution in [3.05, 3.63) is 34.3 Å². The van der Waals surface area contributed by atoms with Crippen molar-refractivity contribution >= 4 is 15.9 Å². The third kappa shape index (κ3) is 5.51. The fourth-order valence-electron chi connectivity index (χ4n) is 2.12. The molecule has 0 bridgehead atoms. The van der Waals surface area contributed by atoms with E-state index >= 15 is 0 Å². The summed E-state index contributed by atoms with van der Waals surface area (Å²) in [6.07, 6.45) is 1.01. The van der Waals surface area contributed by atoms with Crippen LogP contribution in [0.2, 0.25) is 0 Å². The van der Waals surface area contributed by atoms with E-state index in [4.69, 9.17) is 5.73 Å². The van der Waals surface area contributed by atoms with Gasteiger partial charge in [-0.05, 0) is 43.1 Å². The minimum Gasteiger partial charge on any atom is -0.324 e.